The Morgan fingerprint density at radius 1 is 1.40 bits per heavy atom. The minimum atomic E-state index is -0.306. The number of fused-ring (bicyclic) bond motifs is 1. The fraction of sp³-hybridized carbons (Fsp3) is 0.286. The Morgan fingerprint density at radius 3 is 2.70 bits per heavy atom. The topological polar surface area (TPSA) is 49.3 Å². The zero-order chi connectivity index (χ0) is 15.1. The summed E-state index contributed by atoms with van der Waals surface area (Å²) in [6, 6.07) is 9.83. The number of furan rings is 1. The summed E-state index contributed by atoms with van der Waals surface area (Å²) in [4.78, 5) is 4.39. The Labute approximate surface area is 159 Å². The van der Waals surface area contributed by atoms with E-state index in [1.54, 1.807) is 0 Å². The summed E-state index contributed by atoms with van der Waals surface area (Å²) in [7, 11) is 0. The zero-order valence-corrected chi connectivity index (χ0v) is 20.6. The van der Waals surface area contributed by atoms with Crippen LogP contribution in [0.25, 0.3) is 11.0 Å². The predicted octanol–water partition coefficient (Wildman–Crippen LogP) is 3.35. The van der Waals surface area contributed by atoms with Crippen molar-refractivity contribution in [3.05, 3.63) is 34.5 Å². The third kappa shape index (κ3) is 5.56. The average Bonchev–Trinajstić information content (AvgIpc) is 2.81. The quantitative estimate of drug-likeness (QED) is 0.362. The Morgan fingerprint density at radius 2 is 2.10 bits per heavy atom. The third-order valence-corrected chi connectivity index (χ3v) is 3.86. The van der Waals surface area contributed by atoms with Crippen LogP contribution in [0.2, 0.25) is 0 Å². The minimum absolute atomic E-state index is 0.306. The SMILES string of the molecule is CC.N#CC(Cc1cc2ccc(Br)cc2o1)N=[C]([Pb])[Pb]. The molecule has 6 heteroatoms. The Bertz CT molecular complexity index is 642. The van der Waals surface area contributed by atoms with E-state index < -0.39 is 0 Å². The number of nitrogens with zero attached hydrogens (tertiary/aromatic N) is 2. The van der Waals surface area contributed by atoms with Gasteiger partial charge in [0, 0.05) is 0 Å². The molecule has 0 saturated heterocycles. The molecule has 0 aliphatic carbocycles. The fourth-order valence-electron chi connectivity index (χ4n) is 1.63. The summed E-state index contributed by atoms with van der Waals surface area (Å²) in [5.41, 5.74) is 0.844. The third-order valence-electron chi connectivity index (χ3n) is 2.36. The second-order valence-corrected chi connectivity index (χ2v) is 15.9. The Balaban J connectivity index is 0.000000956. The van der Waals surface area contributed by atoms with E-state index in [-0.39, 0.29) is 6.04 Å². The van der Waals surface area contributed by atoms with Crippen molar-refractivity contribution in [3.63, 3.8) is 0 Å². The van der Waals surface area contributed by atoms with Gasteiger partial charge in [0.05, 0.1) is 0 Å². The van der Waals surface area contributed by atoms with Gasteiger partial charge in [0.2, 0.25) is 0 Å². The van der Waals surface area contributed by atoms with Crippen LogP contribution in [0.5, 0.6) is 0 Å². The van der Waals surface area contributed by atoms with Crippen LogP contribution in [0.3, 0.4) is 0 Å². The molecule has 1 aromatic carbocycles. The molecule has 0 spiro atoms. The monoisotopic (exact) mass is 720 g/mol. The van der Waals surface area contributed by atoms with E-state index in [4.69, 9.17) is 9.68 Å². The van der Waals surface area contributed by atoms with Crippen LogP contribution in [0.4, 0.5) is 0 Å². The fourth-order valence-corrected chi connectivity index (χ4v) is 3.18. The summed E-state index contributed by atoms with van der Waals surface area (Å²) in [6.45, 7) is 4.00. The molecule has 1 atom stereocenters. The van der Waals surface area contributed by atoms with Gasteiger partial charge in [-0.15, -0.1) is 0 Å². The van der Waals surface area contributed by atoms with Crippen LogP contribution in [0, 0.1) is 11.3 Å². The molecule has 0 amide bonds. The van der Waals surface area contributed by atoms with Crippen LogP contribution < -0.4 is 0 Å². The van der Waals surface area contributed by atoms with Gasteiger partial charge in [-0.25, -0.2) is 0 Å². The van der Waals surface area contributed by atoms with Crippen LogP contribution in [0.1, 0.15) is 19.6 Å². The van der Waals surface area contributed by atoms with Crippen molar-refractivity contribution in [1.82, 2.24) is 0 Å². The Hall–Kier alpha value is 0.244. The molecule has 20 heavy (non-hydrogen) atoms. The van der Waals surface area contributed by atoms with Crippen molar-refractivity contribution >= 4 is 79.3 Å². The second-order valence-electron chi connectivity index (χ2n) is 3.72. The van der Waals surface area contributed by atoms with Crippen molar-refractivity contribution in [1.29, 1.82) is 5.26 Å². The van der Waals surface area contributed by atoms with Gasteiger partial charge in [0.25, 0.3) is 0 Å². The van der Waals surface area contributed by atoms with Crippen molar-refractivity contribution in [3.8, 4) is 6.07 Å². The first-order valence-electron chi connectivity index (χ1n) is 6.17. The van der Waals surface area contributed by atoms with Crippen LogP contribution in [0.15, 0.2) is 38.1 Å². The van der Waals surface area contributed by atoms with Gasteiger partial charge in [0.15, 0.2) is 0 Å². The zero-order valence-electron chi connectivity index (χ0n) is 11.3. The van der Waals surface area contributed by atoms with E-state index in [0.717, 1.165) is 72.7 Å². The van der Waals surface area contributed by atoms with E-state index in [9.17, 15) is 0 Å². The molecule has 6 radical (unpaired) electrons. The van der Waals surface area contributed by atoms with E-state index >= 15 is 0 Å². The van der Waals surface area contributed by atoms with Gasteiger partial charge in [0.1, 0.15) is 0 Å². The van der Waals surface area contributed by atoms with Crippen molar-refractivity contribution in [2.24, 2.45) is 4.99 Å². The number of aliphatic imine (C=N–C) groups is 1. The molecule has 0 bridgehead atoms. The predicted molar refractivity (Wildman–Crippen MR) is 87.3 cm³/mol. The first kappa shape index (κ1) is 18.3. The van der Waals surface area contributed by atoms with Crippen molar-refractivity contribution < 1.29 is 4.42 Å². The average molecular weight is 720 g/mol. The molecule has 2 aromatic rings. The number of hydrogen-bond acceptors (Lipinski definition) is 3. The van der Waals surface area contributed by atoms with Crippen LogP contribution >= 0.6 is 15.9 Å². The number of nitriles is 1. The molecule has 100 valence electrons. The molecule has 0 aliphatic rings. The normalized spacial score (nSPS) is 11.2. The summed E-state index contributed by atoms with van der Waals surface area (Å²) in [5, 5.41) is 10.1. The number of rotatable bonds is 3. The number of benzene rings is 1. The Kier molecular flexibility index (Phi) is 8.51. The van der Waals surface area contributed by atoms with Gasteiger partial charge >= 0.3 is 147 Å². The number of hydrogen-bond donors (Lipinski definition) is 0. The molecule has 2 rings (SSSR count). The van der Waals surface area contributed by atoms with E-state index in [2.05, 4.69) is 27.0 Å². The summed E-state index contributed by atoms with van der Waals surface area (Å²) in [6.07, 6.45) is 0.552. The van der Waals surface area contributed by atoms with E-state index in [0.29, 0.717) is 6.42 Å². The van der Waals surface area contributed by atoms with E-state index in [1.165, 1.54) is 0.830 Å². The summed E-state index contributed by atoms with van der Waals surface area (Å²) < 4.78 is 7.91. The molecule has 0 N–H and O–H groups in total. The van der Waals surface area contributed by atoms with Gasteiger partial charge in [-0.3, -0.25) is 0 Å². The van der Waals surface area contributed by atoms with Gasteiger partial charge in [-0.2, -0.15) is 0 Å². The van der Waals surface area contributed by atoms with Gasteiger partial charge in [-0.1, -0.05) is 13.8 Å². The molecule has 0 saturated carbocycles. The molecule has 1 heterocycles. The molecule has 0 aliphatic heterocycles. The first-order chi connectivity index (χ1) is 9.58. The van der Waals surface area contributed by atoms with Crippen molar-refractivity contribution in [2.75, 3.05) is 0 Å². The first-order valence-corrected chi connectivity index (χ1v) is 10.8. The second kappa shape index (κ2) is 9.30. The molecule has 0 fully saturated rings. The van der Waals surface area contributed by atoms with E-state index in [1.807, 2.05) is 38.1 Å². The maximum atomic E-state index is 9.08. The number of halogens is 1. The van der Waals surface area contributed by atoms with Gasteiger partial charge < -0.3 is 0 Å². The molecule has 3 nitrogen and oxygen atoms in total. The van der Waals surface area contributed by atoms with Crippen LogP contribution in [-0.4, -0.2) is 58.4 Å². The maximum absolute atomic E-state index is 9.08. The standard InChI is InChI=1S/C12H7BrN2O.C2H6.2Pb/c1-15-10(7-14)6-11-4-8-2-3-9(13)5-12(8)16-11;1-2;;/h2-5,10H,6H2;1-2H3;;. The molecule has 1 unspecified atom stereocenters. The molecule has 1 aromatic heterocycles. The molecular weight excluding hydrogens is 706 g/mol. The molecular formula is C14H13BrN2OPb2. The summed E-state index contributed by atoms with van der Waals surface area (Å²) in [5.74, 6) is 0.822. The van der Waals surface area contributed by atoms with Crippen molar-refractivity contribution in [2.45, 2.75) is 26.3 Å². The van der Waals surface area contributed by atoms with Crippen LogP contribution in [-0.2, 0) is 6.42 Å². The summed E-state index contributed by atoms with van der Waals surface area (Å²) >= 11 is 5.32. The van der Waals surface area contributed by atoms with Gasteiger partial charge in [-0.05, 0) is 0 Å².